The van der Waals surface area contributed by atoms with E-state index in [-0.39, 0.29) is 6.04 Å². The minimum Gasteiger partial charge on any atom is -0.327 e. The number of nitrogens with two attached hydrogens (primary N) is 1. The average molecular weight is 199 g/mol. The molecule has 14 heavy (non-hydrogen) atoms. The van der Waals surface area contributed by atoms with Crippen LogP contribution in [0.3, 0.4) is 0 Å². The lowest BCUT2D eigenvalue weighted by Crippen LogP contribution is -2.24. The molecule has 0 amide bonds. The molecule has 0 radical (unpaired) electrons. The molecule has 0 fully saturated rings. The molecule has 0 aromatic carbocycles. The van der Waals surface area contributed by atoms with Gasteiger partial charge in [0.2, 0.25) is 0 Å². The molecule has 0 aliphatic carbocycles. The summed E-state index contributed by atoms with van der Waals surface area (Å²) in [6.07, 6.45) is 5.54. The summed E-state index contributed by atoms with van der Waals surface area (Å²) in [5.74, 6) is 0.913. The molecule has 2 N–H and O–H groups in total. The van der Waals surface area contributed by atoms with E-state index < -0.39 is 0 Å². The van der Waals surface area contributed by atoms with Gasteiger partial charge in [-0.2, -0.15) is 0 Å². The van der Waals surface area contributed by atoms with E-state index in [0.29, 0.717) is 18.1 Å². The van der Waals surface area contributed by atoms with Crippen LogP contribution in [0.4, 0.5) is 0 Å². The van der Waals surface area contributed by atoms with E-state index >= 15 is 0 Å². The number of hydrogen-bond acceptors (Lipinski definition) is 2. The second-order valence-electron chi connectivity index (χ2n) is 4.18. The van der Waals surface area contributed by atoms with Gasteiger partial charge < -0.3 is 5.73 Å². The highest BCUT2D eigenvalue weighted by Crippen LogP contribution is 2.14. The lowest BCUT2D eigenvalue weighted by atomic mass is 9.94. The summed E-state index contributed by atoms with van der Waals surface area (Å²) in [5.41, 5.74) is 5.82. The Hall–Kier alpha value is -0.370. The number of hydrogen-bond donors (Lipinski definition) is 1. The van der Waals surface area contributed by atoms with Crippen LogP contribution in [0.25, 0.3) is 0 Å². The first-order valence-electron chi connectivity index (χ1n) is 5.91. The molecule has 0 aromatic heterocycles. The third-order valence-corrected chi connectivity index (χ3v) is 2.82. The fourth-order valence-electron chi connectivity index (χ4n) is 1.75. The minimum atomic E-state index is 0.0851. The summed E-state index contributed by atoms with van der Waals surface area (Å²) < 4.78 is 0. The zero-order valence-corrected chi connectivity index (χ0v) is 9.88. The average Bonchev–Trinajstić information content (AvgIpc) is 2.14. The van der Waals surface area contributed by atoms with Crippen LogP contribution in [0.5, 0.6) is 0 Å². The van der Waals surface area contributed by atoms with Crippen molar-refractivity contribution in [2.75, 3.05) is 0 Å². The molecular weight excluding hydrogens is 174 g/mol. The Balaban J connectivity index is 3.73. The highest BCUT2D eigenvalue weighted by Gasteiger charge is 2.13. The van der Waals surface area contributed by atoms with Crippen molar-refractivity contribution in [2.24, 2.45) is 11.7 Å². The third kappa shape index (κ3) is 6.14. The van der Waals surface area contributed by atoms with Crippen molar-refractivity contribution in [3.05, 3.63) is 0 Å². The number of carbonyl (C=O) groups is 1. The van der Waals surface area contributed by atoms with Crippen LogP contribution < -0.4 is 5.73 Å². The van der Waals surface area contributed by atoms with Crippen molar-refractivity contribution >= 4 is 5.78 Å². The molecule has 0 aliphatic rings. The number of ketones is 1. The summed E-state index contributed by atoms with van der Waals surface area (Å²) >= 11 is 0. The largest absolute Gasteiger partial charge is 0.327 e. The number of rotatable bonds is 8. The van der Waals surface area contributed by atoms with Crippen LogP contribution in [0, 0.1) is 5.92 Å². The zero-order valence-electron chi connectivity index (χ0n) is 9.88. The van der Waals surface area contributed by atoms with Crippen LogP contribution in [-0.4, -0.2) is 11.8 Å². The first-order chi connectivity index (χ1) is 6.63. The van der Waals surface area contributed by atoms with Crippen molar-refractivity contribution in [3.63, 3.8) is 0 Å². The van der Waals surface area contributed by atoms with Crippen LogP contribution >= 0.6 is 0 Å². The van der Waals surface area contributed by atoms with Crippen molar-refractivity contribution < 1.29 is 4.79 Å². The minimum absolute atomic E-state index is 0.0851. The van der Waals surface area contributed by atoms with Gasteiger partial charge in [0.1, 0.15) is 5.78 Å². The van der Waals surface area contributed by atoms with E-state index in [0.717, 1.165) is 32.1 Å². The van der Waals surface area contributed by atoms with Crippen molar-refractivity contribution in [2.45, 2.75) is 65.3 Å². The van der Waals surface area contributed by atoms with Gasteiger partial charge in [0, 0.05) is 18.9 Å². The number of Topliss-reactive ketones (excluding diaryl/α,β-unsaturated/α-hetero) is 1. The molecule has 0 spiro atoms. The Bertz CT molecular complexity index is 152. The van der Waals surface area contributed by atoms with Gasteiger partial charge in [-0.15, -0.1) is 0 Å². The van der Waals surface area contributed by atoms with E-state index in [2.05, 4.69) is 20.8 Å². The molecule has 0 aliphatic heterocycles. The maximum atomic E-state index is 11.6. The summed E-state index contributed by atoms with van der Waals surface area (Å²) in [7, 11) is 0. The van der Waals surface area contributed by atoms with Crippen LogP contribution in [0.1, 0.15) is 59.3 Å². The summed E-state index contributed by atoms with van der Waals surface area (Å²) in [6, 6.07) is 0.0851. The lowest BCUT2D eigenvalue weighted by molar-refractivity contribution is -0.120. The Morgan fingerprint density at radius 1 is 1.14 bits per heavy atom. The van der Waals surface area contributed by atoms with E-state index in [4.69, 9.17) is 5.73 Å². The van der Waals surface area contributed by atoms with E-state index in [1.54, 1.807) is 0 Å². The third-order valence-electron chi connectivity index (χ3n) is 2.82. The quantitative estimate of drug-likeness (QED) is 0.653. The first kappa shape index (κ1) is 13.6. The van der Waals surface area contributed by atoms with E-state index in [1.165, 1.54) is 0 Å². The van der Waals surface area contributed by atoms with Crippen LogP contribution in [-0.2, 0) is 4.79 Å². The molecule has 0 saturated carbocycles. The van der Waals surface area contributed by atoms with E-state index in [1.807, 2.05) is 0 Å². The topological polar surface area (TPSA) is 43.1 Å². The number of carbonyl (C=O) groups excluding carboxylic acids is 1. The predicted molar refractivity (Wildman–Crippen MR) is 61.2 cm³/mol. The standard InChI is InChI=1S/C12H25NO/c1-4-7-11(13)9-12(14)8-10(5-2)6-3/h10-11H,4-9,13H2,1-3H3. The van der Waals surface area contributed by atoms with Gasteiger partial charge in [0.05, 0.1) is 0 Å². The smallest absolute Gasteiger partial charge is 0.134 e. The van der Waals surface area contributed by atoms with Gasteiger partial charge in [-0.25, -0.2) is 0 Å². The molecule has 2 heteroatoms. The summed E-state index contributed by atoms with van der Waals surface area (Å²) in [5, 5.41) is 0. The molecule has 0 rings (SSSR count). The molecule has 0 aromatic rings. The second-order valence-corrected chi connectivity index (χ2v) is 4.18. The molecule has 2 nitrogen and oxygen atoms in total. The van der Waals surface area contributed by atoms with Crippen molar-refractivity contribution in [1.82, 2.24) is 0 Å². The fourth-order valence-corrected chi connectivity index (χ4v) is 1.75. The Morgan fingerprint density at radius 2 is 1.71 bits per heavy atom. The molecule has 1 atom stereocenters. The van der Waals surface area contributed by atoms with Crippen molar-refractivity contribution in [3.8, 4) is 0 Å². The summed E-state index contributed by atoms with van der Waals surface area (Å²) in [6.45, 7) is 6.39. The predicted octanol–water partition coefficient (Wildman–Crippen LogP) is 2.90. The van der Waals surface area contributed by atoms with Crippen LogP contribution in [0.15, 0.2) is 0 Å². The monoisotopic (exact) mass is 199 g/mol. The van der Waals surface area contributed by atoms with Crippen LogP contribution in [0.2, 0.25) is 0 Å². The molecule has 0 heterocycles. The second kappa shape index (κ2) is 7.98. The van der Waals surface area contributed by atoms with Gasteiger partial charge >= 0.3 is 0 Å². The lowest BCUT2D eigenvalue weighted by Gasteiger charge is -2.13. The Labute approximate surface area is 88.3 Å². The van der Waals surface area contributed by atoms with Gasteiger partial charge in [-0.1, -0.05) is 40.0 Å². The molecule has 1 unspecified atom stereocenters. The maximum Gasteiger partial charge on any atom is 0.134 e. The van der Waals surface area contributed by atoms with Gasteiger partial charge in [-0.05, 0) is 12.3 Å². The Morgan fingerprint density at radius 3 is 2.14 bits per heavy atom. The van der Waals surface area contributed by atoms with Gasteiger partial charge in [-0.3, -0.25) is 4.79 Å². The SMILES string of the molecule is CCCC(N)CC(=O)CC(CC)CC. The fraction of sp³-hybridized carbons (Fsp3) is 0.917. The molecule has 0 bridgehead atoms. The van der Waals surface area contributed by atoms with Gasteiger partial charge in [0.25, 0.3) is 0 Å². The molecular formula is C12H25NO. The molecule has 84 valence electrons. The molecule has 0 saturated heterocycles. The van der Waals surface area contributed by atoms with Gasteiger partial charge in [0.15, 0.2) is 0 Å². The highest BCUT2D eigenvalue weighted by molar-refractivity contribution is 5.79. The highest BCUT2D eigenvalue weighted by atomic mass is 16.1. The first-order valence-corrected chi connectivity index (χ1v) is 5.91. The normalized spacial score (nSPS) is 13.2. The zero-order chi connectivity index (χ0) is 11.0. The maximum absolute atomic E-state index is 11.6. The van der Waals surface area contributed by atoms with Crippen molar-refractivity contribution in [1.29, 1.82) is 0 Å². The summed E-state index contributed by atoms with van der Waals surface area (Å²) in [4.78, 5) is 11.6. The van der Waals surface area contributed by atoms with E-state index in [9.17, 15) is 4.79 Å². The Kier molecular flexibility index (Phi) is 7.77.